The lowest BCUT2D eigenvalue weighted by atomic mass is 9.95. The van der Waals surface area contributed by atoms with Crippen LogP contribution in [-0.4, -0.2) is 6.54 Å². The molecule has 1 nitrogen and oxygen atoms in total. The Morgan fingerprint density at radius 2 is 2.00 bits per heavy atom. The maximum atomic E-state index is 13.6. The molecule has 2 aromatic rings. The largest absolute Gasteiger partial charge is 0.310 e. The number of halogens is 2. The maximum Gasteiger partial charge on any atom is 0.123 e. The zero-order chi connectivity index (χ0) is 15.2. The summed E-state index contributed by atoms with van der Waals surface area (Å²) in [4.78, 5) is 0. The molecule has 2 rings (SSSR count). The maximum absolute atomic E-state index is 13.6. The van der Waals surface area contributed by atoms with Crippen LogP contribution in [0.25, 0.3) is 0 Å². The quantitative estimate of drug-likeness (QED) is 0.757. The van der Waals surface area contributed by atoms with E-state index >= 15 is 0 Å². The molecule has 1 N–H and O–H groups in total. The summed E-state index contributed by atoms with van der Waals surface area (Å²) in [5, 5.41) is 3.54. The Morgan fingerprint density at radius 3 is 2.71 bits per heavy atom. The van der Waals surface area contributed by atoms with Crippen molar-refractivity contribution in [2.24, 2.45) is 0 Å². The minimum Gasteiger partial charge on any atom is -0.310 e. The van der Waals surface area contributed by atoms with E-state index in [1.807, 2.05) is 25.1 Å². The van der Waals surface area contributed by atoms with Crippen molar-refractivity contribution in [3.05, 3.63) is 69.4 Å². The van der Waals surface area contributed by atoms with Gasteiger partial charge in [0.2, 0.25) is 0 Å². The van der Waals surface area contributed by atoms with Crippen molar-refractivity contribution < 1.29 is 4.39 Å². The highest BCUT2D eigenvalue weighted by atomic mass is 79.9. The summed E-state index contributed by atoms with van der Waals surface area (Å²) in [5.41, 5.74) is 3.41. The smallest absolute Gasteiger partial charge is 0.123 e. The molecule has 0 amide bonds. The third kappa shape index (κ3) is 4.65. The molecule has 0 heterocycles. The molecular formula is C18H21BrFN. The summed E-state index contributed by atoms with van der Waals surface area (Å²) in [7, 11) is 0. The van der Waals surface area contributed by atoms with Gasteiger partial charge in [-0.15, -0.1) is 0 Å². The topological polar surface area (TPSA) is 12.0 Å². The van der Waals surface area contributed by atoms with Gasteiger partial charge in [0.15, 0.2) is 0 Å². The molecule has 21 heavy (non-hydrogen) atoms. The summed E-state index contributed by atoms with van der Waals surface area (Å²) in [6.07, 6.45) is 1.91. The van der Waals surface area contributed by atoms with Crippen molar-refractivity contribution in [1.29, 1.82) is 0 Å². The molecule has 3 heteroatoms. The van der Waals surface area contributed by atoms with Gasteiger partial charge < -0.3 is 5.32 Å². The van der Waals surface area contributed by atoms with Crippen LogP contribution in [0, 0.1) is 12.7 Å². The summed E-state index contributed by atoms with van der Waals surface area (Å²) in [5.74, 6) is -0.173. The van der Waals surface area contributed by atoms with Crippen LogP contribution < -0.4 is 5.32 Å². The highest BCUT2D eigenvalue weighted by Gasteiger charge is 2.15. The molecule has 0 aliphatic heterocycles. The van der Waals surface area contributed by atoms with Gasteiger partial charge in [-0.2, -0.15) is 0 Å². The van der Waals surface area contributed by atoms with Crippen molar-refractivity contribution in [2.75, 3.05) is 6.54 Å². The molecule has 0 saturated carbocycles. The van der Waals surface area contributed by atoms with E-state index in [1.54, 1.807) is 6.07 Å². The fourth-order valence-corrected chi connectivity index (χ4v) is 2.94. The van der Waals surface area contributed by atoms with Crippen molar-refractivity contribution in [2.45, 2.75) is 32.7 Å². The monoisotopic (exact) mass is 349 g/mol. The van der Waals surface area contributed by atoms with E-state index < -0.39 is 0 Å². The molecule has 0 aliphatic carbocycles. The van der Waals surface area contributed by atoms with Gasteiger partial charge in [-0.25, -0.2) is 4.39 Å². The molecule has 112 valence electrons. The second-order valence-corrected chi connectivity index (χ2v) is 6.26. The highest BCUT2D eigenvalue weighted by molar-refractivity contribution is 9.10. The Kier molecular flexibility index (Phi) is 5.95. The van der Waals surface area contributed by atoms with Gasteiger partial charge in [-0.3, -0.25) is 0 Å². The van der Waals surface area contributed by atoms with Crippen LogP contribution >= 0.6 is 15.9 Å². The fourth-order valence-electron chi connectivity index (χ4n) is 2.50. The lowest BCUT2D eigenvalue weighted by Gasteiger charge is -2.21. The molecule has 0 spiro atoms. The molecule has 1 unspecified atom stereocenters. The second kappa shape index (κ2) is 7.71. The Bertz CT molecular complexity index is 598. The van der Waals surface area contributed by atoms with Gasteiger partial charge in [0.05, 0.1) is 0 Å². The minimum absolute atomic E-state index is 0.134. The van der Waals surface area contributed by atoms with Crippen LogP contribution in [0.15, 0.2) is 46.9 Å². The Balaban J connectivity index is 2.27. The zero-order valence-corrected chi connectivity index (χ0v) is 14.1. The van der Waals surface area contributed by atoms with Crippen LogP contribution in [-0.2, 0) is 6.42 Å². The van der Waals surface area contributed by atoms with Crippen LogP contribution in [0.4, 0.5) is 4.39 Å². The van der Waals surface area contributed by atoms with Crippen molar-refractivity contribution in [3.63, 3.8) is 0 Å². The predicted molar refractivity (Wildman–Crippen MR) is 90.0 cm³/mol. The number of aryl methyl sites for hydroxylation is 1. The summed E-state index contributed by atoms with van der Waals surface area (Å²) < 4.78 is 14.7. The number of hydrogen-bond donors (Lipinski definition) is 1. The molecule has 0 aliphatic rings. The first-order valence-electron chi connectivity index (χ1n) is 7.34. The molecule has 0 bridgehead atoms. The van der Waals surface area contributed by atoms with Crippen LogP contribution in [0.2, 0.25) is 0 Å². The highest BCUT2D eigenvalue weighted by Crippen LogP contribution is 2.24. The van der Waals surface area contributed by atoms with Crippen molar-refractivity contribution in [3.8, 4) is 0 Å². The molecule has 2 aromatic carbocycles. The van der Waals surface area contributed by atoms with Crippen LogP contribution in [0.3, 0.4) is 0 Å². The predicted octanol–water partition coefficient (Wildman–Crippen LogP) is 5.18. The van der Waals surface area contributed by atoms with Gasteiger partial charge in [-0.05, 0) is 67.3 Å². The van der Waals surface area contributed by atoms with E-state index in [0.29, 0.717) is 0 Å². The Hall–Kier alpha value is -1.19. The summed E-state index contributed by atoms with van der Waals surface area (Å²) in [6.45, 7) is 5.10. The standard InChI is InChI=1S/C18H21BrFN/c1-3-9-21-18(11-14-5-4-6-15(19)10-14)17-12-16(20)8-7-13(17)2/h4-8,10,12,18,21H,3,9,11H2,1-2H3. The molecule has 0 radical (unpaired) electrons. The minimum atomic E-state index is -0.173. The van der Waals surface area contributed by atoms with E-state index in [-0.39, 0.29) is 11.9 Å². The first kappa shape index (κ1) is 16.2. The third-order valence-electron chi connectivity index (χ3n) is 3.59. The second-order valence-electron chi connectivity index (χ2n) is 5.34. The third-order valence-corrected chi connectivity index (χ3v) is 4.08. The van der Waals surface area contributed by atoms with Gasteiger partial charge in [0, 0.05) is 10.5 Å². The average molecular weight is 350 g/mol. The number of hydrogen-bond acceptors (Lipinski definition) is 1. The summed E-state index contributed by atoms with van der Waals surface area (Å²) >= 11 is 3.51. The first-order chi connectivity index (χ1) is 10.1. The zero-order valence-electron chi connectivity index (χ0n) is 12.5. The first-order valence-corrected chi connectivity index (χ1v) is 8.13. The van der Waals surface area contributed by atoms with E-state index in [2.05, 4.69) is 40.3 Å². The molecule has 0 aromatic heterocycles. The number of rotatable bonds is 6. The van der Waals surface area contributed by atoms with Gasteiger partial charge in [-0.1, -0.05) is 41.1 Å². The lowest BCUT2D eigenvalue weighted by molar-refractivity contribution is 0.522. The summed E-state index contributed by atoms with van der Waals surface area (Å²) in [6, 6.07) is 13.5. The Morgan fingerprint density at radius 1 is 1.19 bits per heavy atom. The van der Waals surface area contributed by atoms with Gasteiger partial charge in [0.25, 0.3) is 0 Å². The average Bonchev–Trinajstić information content (AvgIpc) is 2.46. The fraction of sp³-hybridized carbons (Fsp3) is 0.333. The van der Waals surface area contributed by atoms with Crippen LogP contribution in [0.5, 0.6) is 0 Å². The normalized spacial score (nSPS) is 12.4. The van der Waals surface area contributed by atoms with Crippen LogP contribution in [0.1, 0.15) is 36.1 Å². The molecular weight excluding hydrogens is 329 g/mol. The molecule has 1 atom stereocenters. The SMILES string of the molecule is CCCNC(Cc1cccc(Br)c1)c1cc(F)ccc1C. The van der Waals surface area contributed by atoms with E-state index in [9.17, 15) is 4.39 Å². The number of benzene rings is 2. The number of nitrogens with one attached hydrogen (secondary N) is 1. The van der Waals surface area contributed by atoms with Crippen molar-refractivity contribution in [1.82, 2.24) is 5.32 Å². The molecule has 0 saturated heterocycles. The van der Waals surface area contributed by atoms with Crippen molar-refractivity contribution >= 4 is 15.9 Å². The lowest BCUT2D eigenvalue weighted by Crippen LogP contribution is -2.25. The van der Waals surface area contributed by atoms with E-state index in [0.717, 1.165) is 35.0 Å². The Labute approximate surface area is 134 Å². The van der Waals surface area contributed by atoms with E-state index in [1.165, 1.54) is 11.6 Å². The van der Waals surface area contributed by atoms with E-state index in [4.69, 9.17) is 0 Å². The van der Waals surface area contributed by atoms with Gasteiger partial charge in [0.1, 0.15) is 5.82 Å². The molecule has 0 fully saturated rings. The van der Waals surface area contributed by atoms with Gasteiger partial charge >= 0.3 is 0 Å².